The summed E-state index contributed by atoms with van der Waals surface area (Å²) in [5, 5.41) is 12.3. The first-order chi connectivity index (χ1) is 17.4. The summed E-state index contributed by atoms with van der Waals surface area (Å²) in [5.41, 5.74) is 3.08. The Hall–Kier alpha value is -3.48. The third-order valence-corrected chi connectivity index (χ3v) is 7.34. The van der Waals surface area contributed by atoms with E-state index in [9.17, 15) is 19.5 Å². The Balaban J connectivity index is 2.15. The van der Waals surface area contributed by atoms with Crippen LogP contribution in [0.1, 0.15) is 93.8 Å². The number of ether oxygens (including phenoxy) is 1. The number of carbonyl (C=O) groups is 3. The van der Waals surface area contributed by atoms with Crippen molar-refractivity contribution in [3.05, 3.63) is 64.7 Å². The third kappa shape index (κ3) is 6.27. The molecule has 1 unspecified atom stereocenters. The minimum absolute atomic E-state index is 0.000939. The minimum atomic E-state index is -1.15. The highest BCUT2D eigenvalue weighted by Crippen LogP contribution is 2.46. The molecule has 0 spiro atoms. The number of para-hydroxylation sites is 1. The lowest BCUT2D eigenvalue weighted by Gasteiger charge is -2.42. The predicted octanol–water partition coefficient (Wildman–Crippen LogP) is 5.89. The van der Waals surface area contributed by atoms with Crippen LogP contribution in [0.3, 0.4) is 0 Å². The molecule has 0 radical (unpaired) electrons. The van der Waals surface area contributed by atoms with E-state index in [1.807, 2.05) is 19.1 Å². The van der Waals surface area contributed by atoms with Crippen LogP contribution in [-0.4, -0.2) is 41.8 Å². The van der Waals surface area contributed by atoms with Crippen molar-refractivity contribution in [2.75, 3.05) is 12.4 Å². The number of esters is 1. The van der Waals surface area contributed by atoms with Crippen LogP contribution in [-0.2, 0) is 25.2 Å². The molecule has 37 heavy (non-hydrogen) atoms. The Bertz CT molecular complexity index is 1210. The smallest absolute Gasteiger partial charge is 0.337 e. The number of nitrogens with one attached hydrogen (secondary N) is 1. The lowest BCUT2D eigenvalue weighted by atomic mass is 9.63. The fourth-order valence-electron chi connectivity index (χ4n) is 4.88. The number of aliphatic imine (C=N–C) groups is 1. The molecule has 0 saturated heterocycles. The molecule has 7 nitrogen and oxygen atoms in total. The van der Waals surface area contributed by atoms with Crippen molar-refractivity contribution in [3.8, 4) is 0 Å². The molecule has 2 aromatic carbocycles. The number of aromatic carboxylic acids is 1. The van der Waals surface area contributed by atoms with Crippen molar-refractivity contribution in [1.82, 2.24) is 0 Å². The van der Waals surface area contributed by atoms with Gasteiger partial charge in [0.15, 0.2) is 0 Å². The first-order valence-electron chi connectivity index (χ1n) is 12.9. The van der Waals surface area contributed by atoms with Gasteiger partial charge < -0.3 is 15.2 Å². The molecule has 1 aliphatic carbocycles. The van der Waals surface area contributed by atoms with Crippen LogP contribution in [0, 0.1) is 0 Å². The maximum atomic E-state index is 13.7. The molecular formula is C30H38N2O5. The molecule has 0 aromatic heterocycles. The molecule has 0 bridgehead atoms. The minimum Gasteiger partial charge on any atom is -0.478 e. The molecule has 1 amide bonds. The van der Waals surface area contributed by atoms with Gasteiger partial charge in [0.05, 0.1) is 18.4 Å². The fraction of sp³-hybridized carbons (Fsp3) is 0.467. The Kier molecular flexibility index (Phi) is 8.57. The molecule has 198 valence electrons. The number of hydrogen-bond acceptors (Lipinski definition) is 5. The number of anilines is 1. The van der Waals surface area contributed by atoms with Crippen molar-refractivity contribution in [3.63, 3.8) is 0 Å². The largest absolute Gasteiger partial charge is 0.478 e. The van der Waals surface area contributed by atoms with E-state index < -0.39 is 23.9 Å². The van der Waals surface area contributed by atoms with E-state index in [0.717, 1.165) is 31.2 Å². The number of hydrogen-bond donors (Lipinski definition) is 2. The van der Waals surface area contributed by atoms with Gasteiger partial charge in [0.25, 0.3) is 5.91 Å². The average Bonchev–Trinajstić information content (AvgIpc) is 2.86. The second-order valence-electron chi connectivity index (χ2n) is 11.0. The van der Waals surface area contributed by atoms with Gasteiger partial charge in [-0.05, 0) is 59.4 Å². The van der Waals surface area contributed by atoms with E-state index in [4.69, 9.17) is 4.74 Å². The number of carboxylic acids is 1. The summed E-state index contributed by atoms with van der Waals surface area (Å²) < 4.78 is 4.99. The van der Waals surface area contributed by atoms with Crippen LogP contribution in [0.25, 0.3) is 0 Å². The van der Waals surface area contributed by atoms with Gasteiger partial charge in [-0.15, -0.1) is 0 Å². The maximum Gasteiger partial charge on any atom is 0.337 e. The number of rotatable bonds is 9. The lowest BCUT2D eigenvalue weighted by molar-refractivity contribution is -0.142. The van der Waals surface area contributed by atoms with Gasteiger partial charge in [0, 0.05) is 5.56 Å². The van der Waals surface area contributed by atoms with Gasteiger partial charge >= 0.3 is 11.9 Å². The monoisotopic (exact) mass is 506 g/mol. The molecule has 2 N–H and O–H groups in total. The molecule has 2 aromatic rings. The second kappa shape index (κ2) is 11.3. The van der Waals surface area contributed by atoms with Crippen LogP contribution in [0.15, 0.2) is 47.5 Å². The highest BCUT2D eigenvalue weighted by molar-refractivity contribution is 6.49. The third-order valence-electron chi connectivity index (χ3n) is 7.34. The van der Waals surface area contributed by atoms with E-state index >= 15 is 0 Å². The molecule has 0 aliphatic heterocycles. The highest BCUT2D eigenvalue weighted by atomic mass is 16.5. The number of carbonyl (C=O) groups excluding carboxylic acids is 2. The number of benzene rings is 2. The number of nitrogens with zero attached hydrogens (tertiary/aromatic N) is 1. The van der Waals surface area contributed by atoms with Gasteiger partial charge in [-0.25, -0.2) is 9.59 Å². The van der Waals surface area contributed by atoms with E-state index in [1.165, 1.54) is 24.8 Å². The van der Waals surface area contributed by atoms with Crippen LogP contribution in [0.2, 0.25) is 0 Å². The summed E-state index contributed by atoms with van der Waals surface area (Å²) in [7, 11) is 1.31. The number of carboxylic acid groups (broad SMARTS) is 1. The molecule has 0 saturated carbocycles. The summed E-state index contributed by atoms with van der Waals surface area (Å²) in [6.07, 6.45) is 4.10. The standard InChI is InChI=1S/C30H38N2O5/c1-7-8-12-24(28(36)37-6)31-25(26(33)32-23-13-10-9-11-20(23)27(34)35)19-14-15-21-22(18-19)30(4,5)17-16-29(21,2)3/h9-11,13-15,18,24H,7-8,12,16-17H2,1-6H3,(H,32,33)(H,34,35). The Morgan fingerprint density at radius 1 is 1.03 bits per heavy atom. The van der Waals surface area contributed by atoms with E-state index in [2.05, 4.69) is 44.1 Å². The second-order valence-corrected chi connectivity index (χ2v) is 11.0. The molecular weight excluding hydrogens is 468 g/mol. The molecule has 7 heteroatoms. The quantitative estimate of drug-likeness (QED) is 0.326. The Morgan fingerprint density at radius 2 is 1.68 bits per heavy atom. The first-order valence-corrected chi connectivity index (χ1v) is 12.9. The summed E-state index contributed by atoms with van der Waals surface area (Å²) in [6, 6.07) is 11.3. The van der Waals surface area contributed by atoms with Gasteiger partial charge in [-0.2, -0.15) is 0 Å². The van der Waals surface area contributed by atoms with Crippen molar-refractivity contribution >= 4 is 29.2 Å². The average molecular weight is 507 g/mol. The van der Waals surface area contributed by atoms with Gasteiger partial charge in [0.2, 0.25) is 0 Å². The molecule has 3 rings (SSSR count). The summed E-state index contributed by atoms with van der Waals surface area (Å²) in [4.78, 5) is 42.6. The van der Waals surface area contributed by atoms with Crippen molar-refractivity contribution in [2.24, 2.45) is 4.99 Å². The number of methoxy groups -OCH3 is 1. The lowest BCUT2D eigenvalue weighted by Crippen LogP contribution is -2.35. The molecule has 1 atom stereocenters. The zero-order valence-electron chi connectivity index (χ0n) is 22.7. The van der Waals surface area contributed by atoms with Crippen LogP contribution in [0.5, 0.6) is 0 Å². The zero-order chi connectivity index (χ0) is 27.4. The Labute approximate surface area is 219 Å². The molecule has 0 fully saturated rings. The maximum absolute atomic E-state index is 13.7. The normalized spacial score (nSPS) is 16.9. The number of unbranched alkanes of at least 4 members (excludes halogenated alkanes) is 1. The molecule has 0 heterocycles. The van der Waals surface area contributed by atoms with E-state index in [0.29, 0.717) is 12.0 Å². The van der Waals surface area contributed by atoms with Crippen LogP contribution in [0.4, 0.5) is 5.69 Å². The van der Waals surface area contributed by atoms with Crippen LogP contribution < -0.4 is 5.32 Å². The van der Waals surface area contributed by atoms with Crippen molar-refractivity contribution < 1.29 is 24.2 Å². The predicted molar refractivity (Wildman–Crippen MR) is 146 cm³/mol. The zero-order valence-corrected chi connectivity index (χ0v) is 22.7. The number of amides is 1. The van der Waals surface area contributed by atoms with Crippen LogP contribution >= 0.6 is 0 Å². The topological polar surface area (TPSA) is 105 Å². The van der Waals surface area contributed by atoms with Crippen molar-refractivity contribution in [1.29, 1.82) is 0 Å². The van der Waals surface area contributed by atoms with Crippen molar-refractivity contribution in [2.45, 2.75) is 83.6 Å². The fourth-order valence-corrected chi connectivity index (χ4v) is 4.88. The van der Waals surface area contributed by atoms with Gasteiger partial charge in [0.1, 0.15) is 11.8 Å². The van der Waals surface area contributed by atoms with E-state index in [-0.39, 0.29) is 27.8 Å². The number of fused-ring (bicyclic) bond motifs is 1. The van der Waals surface area contributed by atoms with E-state index in [1.54, 1.807) is 12.1 Å². The van der Waals surface area contributed by atoms with Gasteiger partial charge in [-0.3, -0.25) is 9.79 Å². The molecule has 1 aliphatic rings. The summed E-state index contributed by atoms with van der Waals surface area (Å²) >= 11 is 0. The summed E-state index contributed by atoms with van der Waals surface area (Å²) in [6.45, 7) is 10.9. The first kappa shape index (κ1) is 28.1. The SMILES string of the molecule is CCCCC(N=C(C(=O)Nc1ccccc1C(=O)O)c1ccc2c(c1)C(C)(C)CCC2(C)C)C(=O)OC. The summed E-state index contributed by atoms with van der Waals surface area (Å²) in [5.74, 6) is -2.24. The van der Waals surface area contributed by atoms with Gasteiger partial charge in [-0.1, -0.05) is 71.7 Å². The Morgan fingerprint density at radius 3 is 2.30 bits per heavy atom. The highest BCUT2D eigenvalue weighted by Gasteiger charge is 2.37.